The number of benzene rings is 1. The third-order valence-corrected chi connectivity index (χ3v) is 5.69. The fourth-order valence-electron chi connectivity index (χ4n) is 3.17. The molecule has 11 heteroatoms. The lowest BCUT2D eigenvalue weighted by atomic mass is 10.1. The standard InChI is InChI=1S/C17H18IN5O5/c18-9-2-1-3-10(25)8(9)4-19-15-12-16(21-6-20-15)23(7-22-12)17-14(27)13(26)11(5-24)28-17/h1-3,6-7,11,13-14,17,24-27H,4-5H2,(H,19,20,21)/t11-,13-,14+,17-/m1/s1. The number of ether oxygens (including phenoxy) is 1. The van der Waals surface area contributed by atoms with E-state index in [9.17, 15) is 20.4 Å². The SMILES string of the molecule is OC[C@H]1O[C@@H](n2cnc3c(NCc4c(O)cccc4I)ncnc32)[C@@H](O)[C@@H]1O. The highest BCUT2D eigenvalue weighted by atomic mass is 127. The summed E-state index contributed by atoms with van der Waals surface area (Å²) in [4.78, 5) is 12.7. The van der Waals surface area contributed by atoms with Crippen LogP contribution in [0.25, 0.3) is 11.2 Å². The molecule has 1 aliphatic heterocycles. The van der Waals surface area contributed by atoms with E-state index >= 15 is 0 Å². The Morgan fingerprint density at radius 3 is 2.71 bits per heavy atom. The topological polar surface area (TPSA) is 146 Å². The number of aromatic hydroxyl groups is 1. The van der Waals surface area contributed by atoms with Gasteiger partial charge in [-0.15, -0.1) is 0 Å². The molecule has 5 N–H and O–H groups in total. The number of nitrogens with one attached hydrogen (secondary N) is 1. The Bertz CT molecular complexity index is 979. The molecule has 0 aliphatic carbocycles. The second-order valence-corrected chi connectivity index (χ2v) is 7.53. The largest absolute Gasteiger partial charge is 0.508 e. The number of hydrogen-bond acceptors (Lipinski definition) is 9. The first-order valence-corrected chi connectivity index (χ1v) is 9.59. The summed E-state index contributed by atoms with van der Waals surface area (Å²) < 4.78 is 7.95. The van der Waals surface area contributed by atoms with Crippen molar-refractivity contribution < 1.29 is 25.2 Å². The summed E-state index contributed by atoms with van der Waals surface area (Å²) >= 11 is 2.15. The van der Waals surface area contributed by atoms with Crippen molar-refractivity contribution >= 4 is 39.6 Å². The number of aromatic nitrogens is 4. The summed E-state index contributed by atoms with van der Waals surface area (Å²) in [5, 5.41) is 42.7. The average Bonchev–Trinajstić information content (AvgIpc) is 3.23. The van der Waals surface area contributed by atoms with Gasteiger partial charge in [0.2, 0.25) is 0 Å². The van der Waals surface area contributed by atoms with Gasteiger partial charge in [-0.1, -0.05) is 6.07 Å². The van der Waals surface area contributed by atoms with Crippen molar-refractivity contribution in [3.63, 3.8) is 0 Å². The summed E-state index contributed by atoms with van der Waals surface area (Å²) in [6.07, 6.45) is -1.48. The van der Waals surface area contributed by atoms with Crippen molar-refractivity contribution in [1.29, 1.82) is 0 Å². The second kappa shape index (κ2) is 7.75. The van der Waals surface area contributed by atoms with Crippen molar-refractivity contribution in [2.45, 2.75) is 31.1 Å². The van der Waals surface area contributed by atoms with E-state index in [2.05, 4.69) is 42.9 Å². The highest BCUT2D eigenvalue weighted by molar-refractivity contribution is 14.1. The van der Waals surface area contributed by atoms with Crippen LogP contribution in [0.15, 0.2) is 30.9 Å². The fraction of sp³-hybridized carbons (Fsp3) is 0.353. The van der Waals surface area contributed by atoms with E-state index in [0.29, 0.717) is 23.5 Å². The Hall–Kier alpha value is -2.06. The molecule has 0 saturated carbocycles. The Balaban J connectivity index is 1.62. The van der Waals surface area contributed by atoms with Crippen molar-refractivity contribution in [2.24, 2.45) is 0 Å². The first-order valence-electron chi connectivity index (χ1n) is 8.51. The van der Waals surface area contributed by atoms with Crippen LogP contribution < -0.4 is 5.32 Å². The lowest BCUT2D eigenvalue weighted by molar-refractivity contribution is -0.0511. The Morgan fingerprint density at radius 1 is 1.18 bits per heavy atom. The highest BCUT2D eigenvalue weighted by Gasteiger charge is 2.44. The fourth-order valence-corrected chi connectivity index (χ4v) is 3.85. The van der Waals surface area contributed by atoms with E-state index in [1.165, 1.54) is 17.2 Å². The maximum atomic E-state index is 10.3. The molecule has 28 heavy (non-hydrogen) atoms. The van der Waals surface area contributed by atoms with Crippen LogP contribution in [0.1, 0.15) is 11.8 Å². The molecule has 4 atom stereocenters. The molecule has 10 nitrogen and oxygen atoms in total. The van der Waals surface area contributed by atoms with Crippen LogP contribution in [0.4, 0.5) is 5.82 Å². The molecule has 4 rings (SSSR count). The van der Waals surface area contributed by atoms with E-state index in [0.717, 1.165) is 9.13 Å². The van der Waals surface area contributed by atoms with Gasteiger partial charge in [-0.3, -0.25) is 4.57 Å². The van der Waals surface area contributed by atoms with Crippen LogP contribution in [0, 0.1) is 3.57 Å². The molecule has 148 valence electrons. The predicted octanol–water partition coefficient (Wildman–Crippen LogP) is 0.360. The third-order valence-electron chi connectivity index (χ3n) is 4.68. The molecule has 1 aliphatic rings. The lowest BCUT2D eigenvalue weighted by Crippen LogP contribution is -2.33. The number of halogens is 1. The molecule has 3 heterocycles. The smallest absolute Gasteiger partial charge is 0.167 e. The number of aliphatic hydroxyl groups excluding tert-OH is 3. The van der Waals surface area contributed by atoms with E-state index in [1.54, 1.807) is 12.1 Å². The van der Waals surface area contributed by atoms with Crippen LogP contribution in [-0.2, 0) is 11.3 Å². The molecule has 0 spiro atoms. The Morgan fingerprint density at radius 2 is 2.00 bits per heavy atom. The van der Waals surface area contributed by atoms with Gasteiger partial charge in [-0.05, 0) is 34.7 Å². The average molecular weight is 499 g/mol. The summed E-state index contributed by atoms with van der Waals surface area (Å²) in [6, 6.07) is 5.28. The molecule has 2 aromatic heterocycles. The maximum absolute atomic E-state index is 10.3. The van der Waals surface area contributed by atoms with Gasteiger partial charge in [0, 0.05) is 15.7 Å². The van der Waals surface area contributed by atoms with Gasteiger partial charge in [-0.2, -0.15) is 0 Å². The molecule has 1 aromatic carbocycles. The van der Waals surface area contributed by atoms with Crippen molar-refractivity contribution in [3.05, 3.63) is 40.0 Å². The molecule has 1 fully saturated rings. The monoisotopic (exact) mass is 499 g/mol. The molecule has 0 radical (unpaired) electrons. The van der Waals surface area contributed by atoms with Crippen molar-refractivity contribution in [2.75, 3.05) is 11.9 Å². The lowest BCUT2D eigenvalue weighted by Gasteiger charge is -2.16. The minimum atomic E-state index is -1.23. The van der Waals surface area contributed by atoms with Gasteiger partial charge in [0.15, 0.2) is 23.2 Å². The van der Waals surface area contributed by atoms with Crippen molar-refractivity contribution in [3.8, 4) is 5.75 Å². The number of phenols is 1. The van der Waals surface area contributed by atoms with Gasteiger partial charge in [-0.25, -0.2) is 15.0 Å². The number of aliphatic hydroxyl groups is 3. The number of hydrogen-bond donors (Lipinski definition) is 5. The van der Waals surface area contributed by atoms with E-state index in [1.807, 2.05) is 6.07 Å². The van der Waals surface area contributed by atoms with Gasteiger partial charge in [0.25, 0.3) is 0 Å². The Labute approximate surface area is 173 Å². The molecular weight excluding hydrogens is 481 g/mol. The van der Waals surface area contributed by atoms with E-state index in [4.69, 9.17) is 4.74 Å². The van der Waals surface area contributed by atoms with Crippen LogP contribution >= 0.6 is 22.6 Å². The zero-order valence-corrected chi connectivity index (χ0v) is 16.6. The summed E-state index contributed by atoms with van der Waals surface area (Å²) in [7, 11) is 0. The van der Waals surface area contributed by atoms with Crippen LogP contribution in [0.5, 0.6) is 5.75 Å². The van der Waals surface area contributed by atoms with Crippen LogP contribution in [-0.4, -0.2) is 64.9 Å². The Kier molecular flexibility index (Phi) is 5.33. The van der Waals surface area contributed by atoms with Gasteiger partial charge < -0.3 is 30.5 Å². The molecule has 0 amide bonds. The summed E-state index contributed by atoms with van der Waals surface area (Å²) in [5.74, 6) is 0.635. The zero-order valence-electron chi connectivity index (χ0n) is 14.5. The molecule has 0 unspecified atom stereocenters. The number of fused-ring (bicyclic) bond motifs is 1. The van der Waals surface area contributed by atoms with Crippen LogP contribution in [0.3, 0.4) is 0 Å². The first-order chi connectivity index (χ1) is 13.5. The van der Waals surface area contributed by atoms with E-state index < -0.39 is 31.1 Å². The highest BCUT2D eigenvalue weighted by Crippen LogP contribution is 2.32. The van der Waals surface area contributed by atoms with Gasteiger partial charge in [0.1, 0.15) is 30.4 Å². The number of imidazole rings is 1. The predicted molar refractivity (Wildman–Crippen MR) is 106 cm³/mol. The molecule has 0 bridgehead atoms. The molecule has 1 saturated heterocycles. The minimum Gasteiger partial charge on any atom is -0.508 e. The summed E-state index contributed by atoms with van der Waals surface area (Å²) in [5.41, 5.74) is 1.59. The maximum Gasteiger partial charge on any atom is 0.167 e. The number of anilines is 1. The van der Waals surface area contributed by atoms with E-state index in [-0.39, 0.29) is 5.75 Å². The van der Waals surface area contributed by atoms with Crippen molar-refractivity contribution in [1.82, 2.24) is 19.5 Å². The zero-order chi connectivity index (χ0) is 19.8. The quantitative estimate of drug-likeness (QED) is 0.314. The van der Waals surface area contributed by atoms with Crippen LogP contribution in [0.2, 0.25) is 0 Å². The molecule has 3 aromatic rings. The third kappa shape index (κ3) is 3.28. The number of phenolic OH excluding ortho intramolecular Hbond substituents is 1. The van der Waals surface area contributed by atoms with Gasteiger partial charge in [0.05, 0.1) is 12.9 Å². The first kappa shape index (κ1) is 19.3. The second-order valence-electron chi connectivity index (χ2n) is 6.37. The van der Waals surface area contributed by atoms with Gasteiger partial charge >= 0.3 is 0 Å². The number of nitrogens with zero attached hydrogens (tertiary/aromatic N) is 4. The molecular formula is C17H18IN5O5. The summed E-state index contributed by atoms with van der Waals surface area (Å²) in [6.45, 7) is -0.0832. The number of rotatable bonds is 5. The normalized spacial score (nSPS) is 24.7. The minimum absolute atomic E-state index is 0.182.